The minimum absolute atomic E-state index is 0.0492. The fourth-order valence-electron chi connectivity index (χ4n) is 4.23. The first kappa shape index (κ1) is 24.5. The summed E-state index contributed by atoms with van der Waals surface area (Å²) in [6, 6.07) is 20.5. The summed E-state index contributed by atoms with van der Waals surface area (Å²) >= 11 is 6.04. The first-order valence-electron chi connectivity index (χ1n) is 11.3. The molecule has 0 saturated heterocycles. The number of anilines is 2. The van der Waals surface area contributed by atoms with Crippen molar-refractivity contribution in [2.75, 3.05) is 16.2 Å². The number of halogens is 1. The van der Waals surface area contributed by atoms with E-state index >= 15 is 0 Å². The zero-order chi connectivity index (χ0) is 26.2. The highest BCUT2D eigenvalue weighted by Gasteiger charge is 2.31. The number of benzene rings is 3. The Morgan fingerprint density at radius 3 is 2.57 bits per heavy atom. The van der Waals surface area contributed by atoms with Gasteiger partial charge in [-0.25, -0.2) is 13.2 Å². The van der Waals surface area contributed by atoms with E-state index in [2.05, 4.69) is 10.3 Å². The number of carbonyl (C=O) groups is 2. The minimum atomic E-state index is -3.94. The molecule has 0 fully saturated rings. The number of rotatable bonds is 6. The number of nitrogens with zero attached hydrogens (tertiary/aromatic N) is 2. The van der Waals surface area contributed by atoms with Gasteiger partial charge in [-0.3, -0.25) is 14.1 Å². The average molecular weight is 534 g/mol. The van der Waals surface area contributed by atoms with Crippen LogP contribution >= 0.6 is 11.6 Å². The lowest BCUT2D eigenvalue weighted by atomic mass is 10.0. The lowest BCUT2D eigenvalue weighted by Crippen LogP contribution is -2.29. The highest BCUT2D eigenvalue weighted by atomic mass is 35.5. The van der Waals surface area contributed by atoms with Crippen molar-refractivity contribution in [3.8, 4) is 11.3 Å². The summed E-state index contributed by atoms with van der Waals surface area (Å²) in [6.45, 7) is 0.263. The topological polar surface area (TPSA) is 117 Å². The van der Waals surface area contributed by atoms with Crippen molar-refractivity contribution in [2.24, 2.45) is 0 Å². The zero-order valence-corrected chi connectivity index (χ0v) is 20.8. The number of amides is 1. The molecule has 0 radical (unpaired) electrons. The van der Waals surface area contributed by atoms with Gasteiger partial charge in [0.1, 0.15) is 0 Å². The van der Waals surface area contributed by atoms with Crippen LogP contribution in [0.1, 0.15) is 26.3 Å². The van der Waals surface area contributed by atoms with Crippen molar-refractivity contribution in [3.63, 3.8) is 0 Å². The number of carboxylic acid groups (broad SMARTS) is 1. The maximum atomic E-state index is 13.4. The Morgan fingerprint density at radius 2 is 1.81 bits per heavy atom. The molecule has 2 heterocycles. The standard InChI is InChI=1S/C27H20ClN3O5S/c28-20-8-10-25-18(14-20)11-13-31(25)37(35,36)21-5-3-4-19(15-21)26(32)30-24-9-7-17(16-22(24)27(33)34)23-6-1-2-12-29-23/h1-10,12,14-16H,11,13H2,(H,30,32)(H,33,34). The van der Waals surface area contributed by atoms with Crippen molar-refractivity contribution < 1.29 is 23.1 Å². The van der Waals surface area contributed by atoms with Gasteiger partial charge in [0.05, 0.1) is 27.5 Å². The van der Waals surface area contributed by atoms with E-state index in [-0.39, 0.29) is 28.3 Å². The Hall–Kier alpha value is -4.21. The molecule has 2 N–H and O–H groups in total. The predicted octanol–water partition coefficient (Wildman–Crippen LogP) is 5.10. The molecule has 1 amide bonds. The molecule has 0 unspecified atom stereocenters. The maximum absolute atomic E-state index is 13.4. The first-order valence-corrected chi connectivity index (χ1v) is 13.1. The third-order valence-corrected chi connectivity index (χ3v) is 8.08. The molecule has 0 saturated carbocycles. The van der Waals surface area contributed by atoms with E-state index in [0.29, 0.717) is 28.4 Å². The molecule has 1 aliphatic heterocycles. The quantitative estimate of drug-likeness (QED) is 0.356. The Morgan fingerprint density at radius 1 is 0.973 bits per heavy atom. The van der Waals surface area contributed by atoms with Crippen LogP contribution in [0.3, 0.4) is 0 Å². The Kier molecular flexibility index (Phi) is 6.41. The van der Waals surface area contributed by atoms with Crippen molar-refractivity contribution >= 4 is 44.9 Å². The fourth-order valence-corrected chi connectivity index (χ4v) is 5.98. The Balaban J connectivity index is 1.42. The molecule has 0 atom stereocenters. The number of fused-ring (bicyclic) bond motifs is 1. The summed E-state index contributed by atoms with van der Waals surface area (Å²) in [6.07, 6.45) is 2.13. The summed E-state index contributed by atoms with van der Waals surface area (Å²) in [5.74, 6) is -1.86. The summed E-state index contributed by atoms with van der Waals surface area (Å²) in [4.78, 5) is 29.1. The smallest absolute Gasteiger partial charge is 0.337 e. The summed E-state index contributed by atoms with van der Waals surface area (Å²) in [7, 11) is -3.94. The van der Waals surface area contributed by atoms with Crippen molar-refractivity contribution in [2.45, 2.75) is 11.3 Å². The van der Waals surface area contributed by atoms with Crippen LogP contribution in [0, 0.1) is 0 Å². The van der Waals surface area contributed by atoms with Crippen LogP contribution in [0.25, 0.3) is 11.3 Å². The minimum Gasteiger partial charge on any atom is -0.478 e. The van der Waals surface area contributed by atoms with Gasteiger partial charge in [0, 0.05) is 28.9 Å². The molecule has 0 aliphatic carbocycles. The van der Waals surface area contributed by atoms with Crippen molar-refractivity contribution in [1.82, 2.24) is 4.98 Å². The Bertz CT molecular complexity index is 1640. The van der Waals surface area contributed by atoms with Crippen LogP contribution < -0.4 is 9.62 Å². The van der Waals surface area contributed by atoms with Gasteiger partial charge in [-0.05, 0) is 72.6 Å². The highest BCUT2D eigenvalue weighted by Crippen LogP contribution is 2.35. The monoisotopic (exact) mass is 533 g/mol. The van der Waals surface area contributed by atoms with Crippen LogP contribution in [0.15, 0.2) is 90.0 Å². The maximum Gasteiger partial charge on any atom is 0.337 e. The number of nitrogens with one attached hydrogen (secondary N) is 1. The van der Waals surface area contributed by atoms with Crippen LogP contribution in [0.5, 0.6) is 0 Å². The molecule has 1 aliphatic rings. The van der Waals surface area contributed by atoms with Crippen LogP contribution in [-0.2, 0) is 16.4 Å². The third kappa shape index (κ3) is 4.78. The second kappa shape index (κ2) is 9.68. The normalized spacial score (nSPS) is 12.7. The van der Waals surface area contributed by atoms with Crippen LogP contribution in [0.2, 0.25) is 5.02 Å². The van der Waals surface area contributed by atoms with Crippen LogP contribution in [0.4, 0.5) is 11.4 Å². The van der Waals surface area contributed by atoms with E-state index in [1.807, 2.05) is 0 Å². The van der Waals surface area contributed by atoms with Gasteiger partial charge in [0.15, 0.2) is 0 Å². The molecule has 0 spiro atoms. The number of carboxylic acids is 1. The summed E-state index contributed by atoms with van der Waals surface area (Å²) in [5, 5.41) is 12.9. The molecular weight excluding hydrogens is 514 g/mol. The molecule has 8 nitrogen and oxygen atoms in total. The number of pyridine rings is 1. The number of sulfonamides is 1. The first-order chi connectivity index (χ1) is 17.7. The third-order valence-electron chi connectivity index (χ3n) is 6.04. The molecule has 1 aromatic heterocycles. The molecule has 3 aromatic carbocycles. The van der Waals surface area contributed by atoms with E-state index in [1.54, 1.807) is 48.7 Å². The molecular formula is C27H20ClN3O5S. The number of hydrogen-bond acceptors (Lipinski definition) is 5. The lowest BCUT2D eigenvalue weighted by Gasteiger charge is -2.20. The van der Waals surface area contributed by atoms with Gasteiger partial charge in [-0.2, -0.15) is 0 Å². The average Bonchev–Trinajstić information content (AvgIpc) is 3.33. The van der Waals surface area contributed by atoms with E-state index < -0.39 is 21.9 Å². The SMILES string of the molecule is O=C(Nc1ccc(-c2ccccn2)cc1C(=O)O)c1cccc(S(=O)(=O)N2CCc3cc(Cl)ccc32)c1. The van der Waals surface area contributed by atoms with E-state index in [9.17, 15) is 23.1 Å². The molecule has 5 rings (SSSR count). The summed E-state index contributed by atoms with van der Waals surface area (Å²) in [5.41, 5.74) is 2.59. The van der Waals surface area contributed by atoms with E-state index in [0.717, 1.165) is 5.56 Å². The number of aromatic carboxylic acids is 1. The van der Waals surface area contributed by atoms with Gasteiger partial charge >= 0.3 is 5.97 Å². The molecule has 4 aromatic rings. The predicted molar refractivity (Wildman–Crippen MR) is 141 cm³/mol. The molecule has 10 heteroatoms. The molecule has 186 valence electrons. The van der Waals surface area contributed by atoms with E-state index in [1.165, 1.54) is 40.7 Å². The van der Waals surface area contributed by atoms with Gasteiger partial charge < -0.3 is 10.4 Å². The summed E-state index contributed by atoms with van der Waals surface area (Å²) < 4.78 is 28.1. The second-order valence-corrected chi connectivity index (χ2v) is 10.7. The van der Waals surface area contributed by atoms with Gasteiger partial charge in [-0.1, -0.05) is 29.8 Å². The number of hydrogen-bond donors (Lipinski definition) is 2. The van der Waals surface area contributed by atoms with Crippen molar-refractivity contribution in [3.05, 3.63) is 107 Å². The van der Waals surface area contributed by atoms with E-state index in [4.69, 9.17) is 11.6 Å². The van der Waals surface area contributed by atoms with Gasteiger partial charge in [0.2, 0.25) is 0 Å². The fraction of sp³-hybridized carbons (Fsp3) is 0.0741. The Labute approximate surface area is 218 Å². The molecule has 0 bridgehead atoms. The van der Waals surface area contributed by atoms with Gasteiger partial charge in [0.25, 0.3) is 15.9 Å². The largest absolute Gasteiger partial charge is 0.478 e. The lowest BCUT2D eigenvalue weighted by molar-refractivity contribution is 0.0698. The number of carbonyl (C=O) groups excluding carboxylic acids is 1. The number of aromatic nitrogens is 1. The van der Waals surface area contributed by atoms with Gasteiger partial charge in [-0.15, -0.1) is 0 Å². The second-order valence-electron chi connectivity index (χ2n) is 8.36. The van der Waals surface area contributed by atoms with Crippen molar-refractivity contribution in [1.29, 1.82) is 0 Å². The highest BCUT2D eigenvalue weighted by molar-refractivity contribution is 7.92. The van der Waals surface area contributed by atoms with Crippen LogP contribution in [-0.4, -0.2) is 36.9 Å². The molecule has 37 heavy (non-hydrogen) atoms. The zero-order valence-electron chi connectivity index (χ0n) is 19.3.